The average molecular weight is 132 g/mol. The Labute approximate surface area is 48.3 Å². The Bertz CT molecular complexity index is 32.9. The normalized spacial score (nSPS) is 9.43. The molecule has 0 bridgehead atoms. The third-order valence-electron chi connectivity index (χ3n) is 0.311. The van der Waals surface area contributed by atoms with E-state index in [1.54, 1.807) is 0 Å². The molecule has 4 N–H and O–H groups in total. The van der Waals surface area contributed by atoms with Crippen LogP contribution in [-0.2, 0) is 4.12 Å². The van der Waals surface area contributed by atoms with Crippen LogP contribution in [0.2, 0.25) is 0 Å². The maximum absolute atomic E-state index is 5.12. The zero-order valence-corrected chi connectivity index (χ0v) is 5.98. The van der Waals surface area contributed by atoms with E-state index < -0.39 is 0 Å². The van der Waals surface area contributed by atoms with E-state index in [9.17, 15) is 0 Å². The Morgan fingerprint density at radius 3 is 1.86 bits per heavy atom. The van der Waals surface area contributed by atoms with Crippen molar-refractivity contribution in [1.29, 1.82) is 0 Å². The molecule has 0 heterocycles. The smallest absolute Gasteiger partial charge is 0.230 e. The molecule has 0 unspecified atom stereocenters. The van der Waals surface area contributed by atoms with E-state index >= 15 is 0 Å². The van der Waals surface area contributed by atoms with Crippen molar-refractivity contribution in [2.24, 2.45) is 11.5 Å². The topological polar surface area (TPSA) is 61.3 Å². The lowest BCUT2D eigenvalue weighted by Crippen LogP contribution is -2.20. The molecule has 0 aromatic carbocycles. The average Bonchev–Trinajstić information content (AvgIpc) is 1.69. The minimum absolute atomic E-state index is 0.432. The molecule has 0 aliphatic rings. The van der Waals surface area contributed by atoms with Crippen LogP contribution in [-0.4, -0.2) is 31.9 Å². The second-order valence-electron chi connectivity index (χ2n) is 0.799. The third-order valence-corrected chi connectivity index (χ3v) is 1.80. The van der Waals surface area contributed by atoms with Crippen molar-refractivity contribution in [2.75, 3.05) is 12.3 Å². The third kappa shape index (κ3) is 6.31. The molecular formula is C2H8N2OSi2. The van der Waals surface area contributed by atoms with Crippen LogP contribution >= 0.6 is 0 Å². The minimum Gasteiger partial charge on any atom is -0.455 e. The van der Waals surface area contributed by atoms with Crippen LogP contribution < -0.4 is 11.5 Å². The van der Waals surface area contributed by atoms with Crippen molar-refractivity contribution in [2.45, 2.75) is 0 Å². The van der Waals surface area contributed by atoms with Gasteiger partial charge in [-0.2, -0.15) is 0 Å². The molecule has 0 rings (SSSR count). The van der Waals surface area contributed by atoms with Crippen LogP contribution in [0, 0.1) is 0 Å². The largest absolute Gasteiger partial charge is 0.455 e. The van der Waals surface area contributed by atoms with Crippen LogP contribution in [0.1, 0.15) is 0 Å². The van der Waals surface area contributed by atoms with E-state index in [0.717, 1.165) is 0 Å². The zero-order chi connectivity index (χ0) is 5.54. The molecule has 0 saturated carbocycles. The molecule has 3 nitrogen and oxygen atoms in total. The van der Waals surface area contributed by atoms with Crippen molar-refractivity contribution in [1.82, 2.24) is 0 Å². The van der Waals surface area contributed by atoms with Gasteiger partial charge in [-0.25, -0.2) is 0 Å². The van der Waals surface area contributed by atoms with Crippen molar-refractivity contribution < 1.29 is 4.12 Å². The summed E-state index contributed by atoms with van der Waals surface area (Å²) in [5.41, 5.74) is 10.2. The van der Waals surface area contributed by atoms with Gasteiger partial charge in [0, 0.05) is 12.3 Å². The Kier molecular flexibility index (Phi) is 6.60. The first-order chi connectivity index (χ1) is 3.41. The Hall–Kier alpha value is 0.314. The van der Waals surface area contributed by atoms with Gasteiger partial charge in [0.05, 0.1) is 0 Å². The molecule has 0 fully saturated rings. The van der Waals surface area contributed by atoms with Gasteiger partial charge < -0.3 is 15.6 Å². The van der Waals surface area contributed by atoms with E-state index in [-0.39, 0.29) is 0 Å². The van der Waals surface area contributed by atoms with Gasteiger partial charge in [-0.05, 0) is 0 Å². The van der Waals surface area contributed by atoms with Gasteiger partial charge in [-0.1, -0.05) is 0 Å². The summed E-state index contributed by atoms with van der Waals surface area (Å²) in [6.07, 6.45) is 1.24. The van der Waals surface area contributed by atoms with Crippen molar-refractivity contribution in [3.05, 3.63) is 0 Å². The van der Waals surface area contributed by atoms with Gasteiger partial charge in [-0.3, -0.25) is 0 Å². The predicted molar refractivity (Wildman–Crippen MR) is 30.7 cm³/mol. The summed E-state index contributed by atoms with van der Waals surface area (Å²) in [4.78, 5) is 0. The highest BCUT2D eigenvalue weighted by molar-refractivity contribution is 6.42. The summed E-state index contributed by atoms with van der Waals surface area (Å²) in [5, 5.41) is 0. The molecule has 0 amide bonds. The molecule has 0 aromatic heterocycles. The summed E-state index contributed by atoms with van der Waals surface area (Å²) in [6.45, 7) is 0. The lowest BCUT2D eigenvalue weighted by molar-refractivity contribution is 0.636. The Morgan fingerprint density at radius 1 is 1.14 bits per heavy atom. The van der Waals surface area contributed by atoms with Gasteiger partial charge in [0.25, 0.3) is 0 Å². The molecule has 5 heteroatoms. The highest BCUT2D eigenvalue weighted by Gasteiger charge is 1.84. The van der Waals surface area contributed by atoms with Gasteiger partial charge in [-0.15, -0.1) is 0 Å². The maximum atomic E-state index is 5.12. The zero-order valence-electron chi connectivity index (χ0n) is 3.98. The quantitative estimate of drug-likeness (QED) is 0.346. The molecule has 0 atom stereocenters. The van der Waals surface area contributed by atoms with Crippen molar-refractivity contribution in [3.8, 4) is 0 Å². The van der Waals surface area contributed by atoms with Crippen LogP contribution in [0.3, 0.4) is 0 Å². The summed E-state index contributed by atoms with van der Waals surface area (Å²) in [5.74, 6) is 0. The standard InChI is InChI=1S/C2H8N2OSi2/c3-1-6-5-7-2-4/h1-4H2. The number of nitrogens with two attached hydrogens (primary N) is 2. The second kappa shape index (κ2) is 6.31. The lowest BCUT2D eigenvalue weighted by Gasteiger charge is -1.91. The van der Waals surface area contributed by atoms with Crippen LogP contribution in [0.25, 0.3) is 0 Å². The van der Waals surface area contributed by atoms with E-state index in [2.05, 4.69) is 0 Å². The number of hydrogen-bond acceptors (Lipinski definition) is 3. The van der Waals surface area contributed by atoms with Crippen LogP contribution in [0.4, 0.5) is 0 Å². The van der Waals surface area contributed by atoms with E-state index in [1.807, 2.05) is 0 Å². The van der Waals surface area contributed by atoms with Crippen molar-refractivity contribution in [3.63, 3.8) is 0 Å². The minimum atomic E-state index is 0.432. The highest BCUT2D eigenvalue weighted by atomic mass is 28.3. The van der Waals surface area contributed by atoms with Gasteiger partial charge in [0.2, 0.25) is 19.5 Å². The molecule has 0 saturated heterocycles. The molecular weight excluding hydrogens is 124 g/mol. The number of rotatable bonds is 4. The maximum Gasteiger partial charge on any atom is 0.230 e. The number of hydrogen-bond donors (Lipinski definition) is 2. The highest BCUT2D eigenvalue weighted by Crippen LogP contribution is 1.57. The molecule has 40 valence electrons. The summed E-state index contributed by atoms with van der Waals surface area (Å²) in [7, 11) is 0.864. The Morgan fingerprint density at radius 2 is 1.57 bits per heavy atom. The second-order valence-corrected chi connectivity index (χ2v) is 3.01. The van der Waals surface area contributed by atoms with Crippen LogP contribution in [0.5, 0.6) is 0 Å². The fraction of sp³-hybridized carbons (Fsp3) is 1.00. The van der Waals surface area contributed by atoms with Gasteiger partial charge >= 0.3 is 0 Å². The molecule has 0 aliphatic heterocycles. The van der Waals surface area contributed by atoms with E-state index in [0.29, 0.717) is 31.9 Å². The molecule has 0 aliphatic carbocycles. The molecule has 7 heavy (non-hydrogen) atoms. The van der Waals surface area contributed by atoms with Crippen molar-refractivity contribution >= 4 is 19.5 Å². The Balaban J connectivity index is 2.45. The van der Waals surface area contributed by atoms with E-state index in [4.69, 9.17) is 15.6 Å². The predicted octanol–water partition coefficient (Wildman–Crippen LogP) is -1.93. The fourth-order valence-corrected chi connectivity index (χ4v) is 1.21. The van der Waals surface area contributed by atoms with Gasteiger partial charge in [0.1, 0.15) is 0 Å². The first-order valence-corrected chi connectivity index (χ1v) is 4.16. The first kappa shape index (κ1) is 7.31. The monoisotopic (exact) mass is 132 g/mol. The lowest BCUT2D eigenvalue weighted by atomic mass is 11.5. The summed E-state index contributed by atoms with van der Waals surface area (Å²) in [6, 6.07) is 0. The fourth-order valence-electron chi connectivity index (χ4n) is 0.134. The SMILES string of the molecule is NC[Si]O[Si]CN. The van der Waals surface area contributed by atoms with E-state index in [1.165, 1.54) is 0 Å². The molecule has 4 radical (unpaired) electrons. The summed E-state index contributed by atoms with van der Waals surface area (Å²) < 4.78 is 4.94. The summed E-state index contributed by atoms with van der Waals surface area (Å²) >= 11 is 0. The first-order valence-electron chi connectivity index (χ1n) is 1.93. The van der Waals surface area contributed by atoms with Gasteiger partial charge in [0.15, 0.2) is 0 Å². The van der Waals surface area contributed by atoms with Crippen LogP contribution in [0.15, 0.2) is 0 Å². The molecule has 0 spiro atoms. The molecule has 0 aromatic rings.